The van der Waals surface area contributed by atoms with E-state index in [0.29, 0.717) is 17.2 Å². The molecule has 8 nitrogen and oxygen atoms in total. The first kappa shape index (κ1) is 24.7. The minimum Gasteiger partial charge on any atom is -0.493 e. The fourth-order valence-corrected chi connectivity index (χ4v) is 3.89. The molecule has 0 atom stereocenters. The summed E-state index contributed by atoms with van der Waals surface area (Å²) >= 11 is 11.9. The van der Waals surface area contributed by atoms with Gasteiger partial charge in [0, 0.05) is 4.47 Å². The van der Waals surface area contributed by atoms with Crippen molar-refractivity contribution in [2.45, 2.75) is 0 Å². The second-order valence-corrected chi connectivity index (χ2v) is 8.64. The molecule has 3 N–H and O–H groups in total. The average molecular weight is 597 g/mol. The van der Waals surface area contributed by atoms with Crippen molar-refractivity contribution in [3.63, 3.8) is 0 Å². The molecule has 3 aromatic rings. The summed E-state index contributed by atoms with van der Waals surface area (Å²) in [5.41, 5.74) is 4.81. The molecule has 0 aliphatic carbocycles. The number of hydrogen-bond acceptors (Lipinski definition) is 6. The Hall–Kier alpha value is -2.89. The molecule has 0 spiro atoms. The van der Waals surface area contributed by atoms with Gasteiger partial charge in [-0.25, -0.2) is 0 Å². The molecule has 33 heavy (non-hydrogen) atoms. The molecule has 0 unspecified atom stereocenters. The normalized spacial score (nSPS) is 10.3. The lowest BCUT2D eigenvalue weighted by molar-refractivity contribution is -0.124. The van der Waals surface area contributed by atoms with Gasteiger partial charge in [-0.2, -0.15) is 0 Å². The van der Waals surface area contributed by atoms with Crippen LogP contribution in [0.4, 0.5) is 0 Å². The summed E-state index contributed by atoms with van der Waals surface area (Å²) in [6.45, 7) is -0.549. The van der Waals surface area contributed by atoms with Crippen LogP contribution in [0.5, 0.6) is 17.2 Å². The van der Waals surface area contributed by atoms with Crippen LogP contribution in [-0.4, -0.2) is 37.3 Å². The number of para-hydroxylation sites is 2. The maximum absolute atomic E-state index is 12.1. The van der Waals surface area contributed by atoms with E-state index in [2.05, 4.69) is 48.0 Å². The Morgan fingerprint density at radius 1 is 0.879 bits per heavy atom. The second-order valence-electron chi connectivity index (χ2n) is 6.52. The number of hydrogen-bond donors (Lipinski definition) is 3. The SMILES string of the molecule is COc1ccccc1OCC(=O)NC(=S)NNC(=O)COc1ccc2cc(Br)ccc2c1Br. The highest BCUT2D eigenvalue weighted by molar-refractivity contribution is 9.11. The lowest BCUT2D eigenvalue weighted by atomic mass is 10.1. The Bertz CT molecular complexity index is 1190. The number of halogens is 2. The number of benzene rings is 3. The molecule has 2 amide bonds. The van der Waals surface area contributed by atoms with Crippen molar-refractivity contribution < 1.29 is 23.8 Å². The molecule has 0 saturated carbocycles. The number of methoxy groups -OCH3 is 1. The van der Waals surface area contributed by atoms with Gasteiger partial charge in [0.25, 0.3) is 11.8 Å². The molecule has 0 fully saturated rings. The zero-order valence-electron chi connectivity index (χ0n) is 17.3. The van der Waals surface area contributed by atoms with Crippen LogP contribution in [0.15, 0.2) is 63.5 Å². The lowest BCUT2D eigenvalue weighted by Gasteiger charge is -2.13. The number of carbonyl (C=O) groups is 2. The quantitative estimate of drug-likeness (QED) is 0.281. The van der Waals surface area contributed by atoms with Crippen LogP contribution in [0.2, 0.25) is 0 Å². The van der Waals surface area contributed by atoms with Crippen molar-refractivity contribution in [3.8, 4) is 17.2 Å². The van der Waals surface area contributed by atoms with Gasteiger partial charge in [0.1, 0.15) is 5.75 Å². The van der Waals surface area contributed by atoms with Crippen LogP contribution >= 0.6 is 44.1 Å². The Labute approximate surface area is 212 Å². The van der Waals surface area contributed by atoms with Gasteiger partial charge in [-0.05, 0) is 69.3 Å². The van der Waals surface area contributed by atoms with Crippen LogP contribution in [0.1, 0.15) is 0 Å². The third-order valence-electron chi connectivity index (χ3n) is 4.24. The molecule has 11 heteroatoms. The van der Waals surface area contributed by atoms with Crippen LogP contribution in [0, 0.1) is 0 Å². The van der Waals surface area contributed by atoms with Gasteiger partial charge in [0.05, 0.1) is 11.6 Å². The van der Waals surface area contributed by atoms with Gasteiger partial charge in [0.15, 0.2) is 29.8 Å². The maximum Gasteiger partial charge on any atom is 0.276 e. The summed E-state index contributed by atoms with van der Waals surface area (Å²) in [4.78, 5) is 24.1. The summed E-state index contributed by atoms with van der Waals surface area (Å²) < 4.78 is 17.9. The topological polar surface area (TPSA) is 97.9 Å². The van der Waals surface area contributed by atoms with Gasteiger partial charge < -0.3 is 14.2 Å². The number of hydrazine groups is 1. The Kier molecular flexibility index (Phi) is 8.87. The highest BCUT2D eigenvalue weighted by atomic mass is 79.9. The summed E-state index contributed by atoms with van der Waals surface area (Å²) in [6.07, 6.45) is 0. The largest absolute Gasteiger partial charge is 0.493 e. The van der Waals surface area contributed by atoms with E-state index in [-0.39, 0.29) is 18.3 Å². The van der Waals surface area contributed by atoms with Crippen molar-refractivity contribution in [2.75, 3.05) is 20.3 Å². The third-order valence-corrected chi connectivity index (χ3v) is 5.75. The van der Waals surface area contributed by atoms with E-state index in [4.69, 9.17) is 26.4 Å². The molecule has 3 rings (SSSR count). The molecule has 0 saturated heterocycles. The van der Waals surface area contributed by atoms with Gasteiger partial charge in [0.2, 0.25) is 0 Å². The van der Waals surface area contributed by atoms with Crippen molar-refractivity contribution in [2.24, 2.45) is 0 Å². The smallest absolute Gasteiger partial charge is 0.276 e. The summed E-state index contributed by atoms with van der Waals surface area (Å²) in [6, 6.07) is 16.4. The predicted molar refractivity (Wildman–Crippen MR) is 135 cm³/mol. The van der Waals surface area contributed by atoms with E-state index in [0.717, 1.165) is 19.7 Å². The third kappa shape index (κ3) is 7.04. The number of thiocarbonyl (C=S) groups is 1. The summed E-state index contributed by atoms with van der Waals surface area (Å²) in [7, 11) is 1.51. The molecule has 172 valence electrons. The maximum atomic E-state index is 12.1. The van der Waals surface area contributed by atoms with E-state index < -0.39 is 11.8 Å². The van der Waals surface area contributed by atoms with Crippen LogP contribution in [0.25, 0.3) is 10.8 Å². The minimum atomic E-state index is -0.504. The first-order valence-corrected chi connectivity index (χ1v) is 11.5. The molecular weight excluding hydrogens is 578 g/mol. The van der Waals surface area contributed by atoms with Crippen LogP contribution in [0.3, 0.4) is 0 Å². The fourth-order valence-electron chi connectivity index (χ4n) is 2.74. The van der Waals surface area contributed by atoms with Gasteiger partial charge >= 0.3 is 0 Å². The van der Waals surface area contributed by atoms with Crippen molar-refractivity contribution in [3.05, 3.63) is 63.5 Å². The van der Waals surface area contributed by atoms with E-state index in [9.17, 15) is 9.59 Å². The van der Waals surface area contributed by atoms with Gasteiger partial charge in [-0.1, -0.05) is 40.2 Å². The molecular formula is C22H19Br2N3O5S. The van der Waals surface area contributed by atoms with Gasteiger partial charge in [-0.3, -0.25) is 25.8 Å². The van der Waals surface area contributed by atoms with Crippen molar-refractivity contribution in [1.82, 2.24) is 16.2 Å². The number of ether oxygens (including phenoxy) is 3. The molecule has 0 bridgehead atoms. The predicted octanol–water partition coefficient (Wildman–Crippen LogP) is 3.85. The van der Waals surface area contributed by atoms with E-state index in [1.807, 2.05) is 24.3 Å². The Morgan fingerprint density at radius 3 is 2.33 bits per heavy atom. The summed E-state index contributed by atoms with van der Waals surface area (Å²) in [5.74, 6) is 0.454. The van der Waals surface area contributed by atoms with Crippen molar-refractivity contribution in [1.29, 1.82) is 0 Å². The zero-order chi connectivity index (χ0) is 23.8. The average Bonchev–Trinajstić information content (AvgIpc) is 2.81. The number of nitrogens with one attached hydrogen (secondary N) is 3. The number of carbonyl (C=O) groups excluding carboxylic acids is 2. The molecule has 0 aromatic heterocycles. The summed E-state index contributed by atoms with van der Waals surface area (Å²) in [5, 5.41) is 4.28. The van der Waals surface area contributed by atoms with Crippen LogP contribution < -0.4 is 30.4 Å². The lowest BCUT2D eigenvalue weighted by Crippen LogP contribution is -2.50. The van der Waals surface area contributed by atoms with E-state index in [1.54, 1.807) is 30.3 Å². The van der Waals surface area contributed by atoms with Crippen molar-refractivity contribution >= 4 is 71.8 Å². The zero-order valence-corrected chi connectivity index (χ0v) is 21.3. The molecule has 0 aliphatic rings. The first-order chi connectivity index (χ1) is 15.9. The second kappa shape index (κ2) is 11.8. The molecule has 0 aliphatic heterocycles. The number of amides is 2. The highest BCUT2D eigenvalue weighted by Gasteiger charge is 2.11. The van der Waals surface area contributed by atoms with E-state index in [1.165, 1.54) is 7.11 Å². The van der Waals surface area contributed by atoms with Crippen LogP contribution in [-0.2, 0) is 9.59 Å². The molecule has 0 heterocycles. The van der Waals surface area contributed by atoms with E-state index >= 15 is 0 Å². The number of fused-ring (bicyclic) bond motifs is 1. The molecule has 0 radical (unpaired) electrons. The standard InChI is InChI=1S/C22H19Br2N3O5S/c1-30-16-4-2-3-5-17(16)31-11-19(28)25-22(33)27-26-20(29)12-32-18-9-6-13-10-14(23)7-8-15(13)21(18)24/h2-10H,11-12H2,1H3,(H,26,29)(H2,25,27,28,33). The number of rotatable bonds is 7. The first-order valence-electron chi connectivity index (χ1n) is 9.52. The Morgan fingerprint density at radius 2 is 1.58 bits per heavy atom. The van der Waals surface area contributed by atoms with Gasteiger partial charge in [-0.15, -0.1) is 0 Å². The molecule has 3 aromatic carbocycles. The Balaban J connectivity index is 1.42. The monoisotopic (exact) mass is 595 g/mol. The highest BCUT2D eigenvalue weighted by Crippen LogP contribution is 2.34. The minimum absolute atomic E-state index is 0.0885. The fraction of sp³-hybridized carbons (Fsp3) is 0.136.